The highest BCUT2D eigenvalue weighted by atomic mass is 19.1. The molecule has 0 atom stereocenters. The molecule has 0 aliphatic heterocycles. The Labute approximate surface area is 102 Å². The van der Waals surface area contributed by atoms with Crippen molar-refractivity contribution >= 4 is 0 Å². The lowest BCUT2D eigenvalue weighted by molar-refractivity contribution is 0.348. The van der Waals surface area contributed by atoms with E-state index in [2.05, 4.69) is 17.1 Å². The van der Waals surface area contributed by atoms with Gasteiger partial charge in [0, 0.05) is 25.2 Å². The van der Waals surface area contributed by atoms with Crippen molar-refractivity contribution in [2.24, 2.45) is 0 Å². The van der Waals surface area contributed by atoms with E-state index < -0.39 is 0 Å². The maximum Gasteiger partial charge on any atom is 0.129 e. The van der Waals surface area contributed by atoms with Crippen molar-refractivity contribution in [2.75, 3.05) is 26.7 Å². The van der Waals surface area contributed by atoms with Gasteiger partial charge in [-0.05, 0) is 25.7 Å². The molecule has 92 valence electrons. The Morgan fingerprint density at radius 2 is 2.24 bits per heavy atom. The van der Waals surface area contributed by atoms with Crippen LogP contribution in [0.5, 0.6) is 0 Å². The molecule has 0 spiro atoms. The van der Waals surface area contributed by atoms with Crippen LogP contribution in [0.2, 0.25) is 0 Å². The minimum Gasteiger partial charge on any atom is -0.311 e. The molecule has 4 heteroatoms. The fourth-order valence-corrected chi connectivity index (χ4v) is 1.41. The molecule has 0 amide bonds. The summed E-state index contributed by atoms with van der Waals surface area (Å²) < 4.78 is 13.5. The molecule has 0 heterocycles. The van der Waals surface area contributed by atoms with Gasteiger partial charge in [0.05, 0.1) is 11.6 Å². The second-order valence-corrected chi connectivity index (χ2v) is 3.99. The summed E-state index contributed by atoms with van der Waals surface area (Å²) in [4.78, 5) is 2.18. The quantitative estimate of drug-likeness (QED) is 0.763. The van der Waals surface area contributed by atoms with Crippen molar-refractivity contribution in [3.8, 4) is 6.07 Å². The average Bonchev–Trinajstić information content (AvgIpc) is 2.35. The number of nitriles is 1. The minimum atomic E-state index is -0.319. The first kappa shape index (κ1) is 13.6. The predicted molar refractivity (Wildman–Crippen MR) is 66.0 cm³/mol. The zero-order valence-electron chi connectivity index (χ0n) is 10.3. The molecule has 0 bridgehead atoms. The summed E-state index contributed by atoms with van der Waals surface area (Å²) in [6.07, 6.45) is 0. The third kappa shape index (κ3) is 4.51. The van der Waals surface area contributed by atoms with Crippen LogP contribution in [0.25, 0.3) is 0 Å². The van der Waals surface area contributed by atoms with Crippen LogP contribution in [0.1, 0.15) is 18.1 Å². The van der Waals surface area contributed by atoms with Crippen LogP contribution in [-0.2, 0) is 6.54 Å². The summed E-state index contributed by atoms with van der Waals surface area (Å²) >= 11 is 0. The topological polar surface area (TPSA) is 39.1 Å². The van der Waals surface area contributed by atoms with E-state index in [0.29, 0.717) is 17.7 Å². The monoisotopic (exact) mass is 235 g/mol. The van der Waals surface area contributed by atoms with E-state index in [0.717, 1.165) is 19.6 Å². The number of rotatable bonds is 6. The smallest absolute Gasteiger partial charge is 0.129 e. The van der Waals surface area contributed by atoms with Crippen molar-refractivity contribution in [3.05, 3.63) is 35.1 Å². The molecular weight excluding hydrogens is 217 g/mol. The van der Waals surface area contributed by atoms with Crippen molar-refractivity contribution < 1.29 is 4.39 Å². The van der Waals surface area contributed by atoms with Crippen molar-refractivity contribution in [3.63, 3.8) is 0 Å². The Balaban J connectivity index is 2.40. The lowest BCUT2D eigenvalue weighted by Gasteiger charge is -2.14. The fraction of sp³-hybridized carbons (Fsp3) is 0.462. The maximum atomic E-state index is 13.5. The number of benzene rings is 1. The number of hydrogen-bond acceptors (Lipinski definition) is 3. The summed E-state index contributed by atoms with van der Waals surface area (Å²) in [7, 11) is 2.05. The molecule has 1 N–H and O–H groups in total. The molecule has 0 saturated heterocycles. The van der Waals surface area contributed by atoms with Crippen LogP contribution in [-0.4, -0.2) is 31.6 Å². The molecule has 0 unspecified atom stereocenters. The molecule has 0 fully saturated rings. The van der Waals surface area contributed by atoms with Crippen LogP contribution < -0.4 is 5.32 Å². The van der Waals surface area contributed by atoms with Gasteiger partial charge in [0.15, 0.2) is 0 Å². The average molecular weight is 235 g/mol. The van der Waals surface area contributed by atoms with E-state index in [9.17, 15) is 4.39 Å². The number of likely N-dealkylation sites (N-methyl/N-ethyl adjacent to an activating group) is 1. The SMILES string of the molecule is CCN(C)CCNCc1ccc(C#N)cc1F. The Kier molecular flexibility index (Phi) is 5.61. The lowest BCUT2D eigenvalue weighted by atomic mass is 10.1. The van der Waals surface area contributed by atoms with E-state index in [1.165, 1.54) is 6.07 Å². The number of nitrogens with one attached hydrogen (secondary N) is 1. The second-order valence-electron chi connectivity index (χ2n) is 3.99. The van der Waals surface area contributed by atoms with Gasteiger partial charge in [-0.25, -0.2) is 4.39 Å². The molecule has 17 heavy (non-hydrogen) atoms. The second kappa shape index (κ2) is 7.00. The molecule has 0 aliphatic rings. The van der Waals surface area contributed by atoms with Crippen LogP contribution in [0.3, 0.4) is 0 Å². The highest BCUT2D eigenvalue weighted by Crippen LogP contribution is 2.09. The summed E-state index contributed by atoms with van der Waals surface area (Å²) in [6.45, 7) is 5.36. The van der Waals surface area contributed by atoms with Crippen LogP contribution >= 0.6 is 0 Å². The van der Waals surface area contributed by atoms with Gasteiger partial charge in [-0.2, -0.15) is 5.26 Å². The molecule has 0 aliphatic carbocycles. The van der Waals surface area contributed by atoms with E-state index in [-0.39, 0.29) is 5.82 Å². The Morgan fingerprint density at radius 1 is 1.47 bits per heavy atom. The zero-order valence-corrected chi connectivity index (χ0v) is 10.3. The van der Waals surface area contributed by atoms with Gasteiger partial charge in [-0.3, -0.25) is 0 Å². The summed E-state index contributed by atoms with van der Waals surface area (Å²) in [5.41, 5.74) is 0.958. The minimum absolute atomic E-state index is 0.319. The van der Waals surface area contributed by atoms with E-state index >= 15 is 0 Å². The highest BCUT2D eigenvalue weighted by molar-refractivity contribution is 5.32. The van der Waals surface area contributed by atoms with Crippen molar-refractivity contribution in [1.82, 2.24) is 10.2 Å². The molecule has 0 aromatic heterocycles. The van der Waals surface area contributed by atoms with Crippen LogP contribution in [0.4, 0.5) is 4.39 Å². The Bertz CT molecular complexity index is 398. The first-order chi connectivity index (χ1) is 8.17. The van der Waals surface area contributed by atoms with Gasteiger partial charge >= 0.3 is 0 Å². The van der Waals surface area contributed by atoms with E-state index in [4.69, 9.17) is 5.26 Å². The summed E-state index contributed by atoms with van der Waals surface area (Å²) in [6, 6.07) is 6.49. The van der Waals surface area contributed by atoms with E-state index in [1.807, 2.05) is 13.1 Å². The van der Waals surface area contributed by atoms with E-state index in [1.54, 1.807) is 12.1 Å². The summed E-state index contributed by atoms with van der Waals surface area (Å²) in [5.74, 6) is -0.319. The highest BCUT2D eigenvalue weighted by Gasteiger charge is 2.03. The molecule has 3 nitrogen and oxygen atoms in total. The van der Waals surface area contributed by atoms with Gasteiger partial charge < -0.3 is 10.2 Å². The lowest BCUT2D eigenvalue weighted by Crippen LogP contribution is -2.28. The van der Waals surface area contributed by atoms with Crippen molar-refractivity contribution in [2.45, 2.75) is 13.5 Å². The third-order valence-corrected chi connectivity index (χ3v) is 2.71. The van der Waals surface area contributed by atoms with Crippen molar-refractivity contribution in [1.29, 1.82) is 5.26 Å². The summed E-state index contributed by atoms with van der Waals surface area (Å²) in [5, 5.41) is 11.8. The number of halogens is 1. The normalized spacial score (nSPS) is 10.5. The maximum absolute atomic E-state index is 13.5. The number of nitrogens with zero attached hydrogens (tertiary/aromatic N) is 2. The standard InChI is InChI=1S/C13H18FN3/c1-3-17(2)7-6-16-10-12-5-4-11(9-15)8-13(12)14/h4-5,8,16H,3,6-7,10H2,1-2H3. The molecule has 1 aromatic rings. The fourth-order valence-electron chi connectivity index (χ4n) is 1.41. The largest absolute Gasteiger partial charge is 0.311 e. The first-order valence-corrected chi connectivity index (χ1v) is 5.75. The van der Waals surface area contributed by atoms with Gasteiger partial charge in [-0.15, -0.1) is 0 Å². The zero-order chi connectivity index (χ0) is 12.7. The first-order valence-electron chi connectivity index (χ1n) is 5.75. The molecule has 0 radical (unpaired) electrons. The molecule has 1 aromatic carbocycles. The third-order valence-electron chi connectivity index (χ3n) is 2.71. The Morgan fingerprint density at radius 3 is 2.82 bits per heavy atom. The van der Waals surface area contributed by atoms with Gasteiger partial charge in [0.2, 0.25) is 0 Å². The van der Waals surface area contributed by atoms with Gasteiger partial charge in [0.25, 0.3) is 0 Å². The van der Waals surface area contributed by atoms with Crippen LogP contribution in [0.15, 0.2) is 18.2 Å². The molecule has 1 rings (SSSR count). The molecule has 0 saturated carbocycles. The van der Waals surface area contributed by atoms with Crippen LogP contribution in [0, 0.1) is 17.1 Å². The Hall–Kier alpha value is -1.44. The predicted octanol–water partition coefficient (Wildman–Crippen LogP) is 1.74. The number of hydrogen-bond donors (Lipinski definition) is 1. The van der Waals surface area contributed by atoms with Gasteiger partial charge in [0.1, 0.15) is 5.82 Å². The van der Waals surface area contributed by atoms with Gasteiger partial charge in [-0.1, -0.05) is 13.0 Å². The molecular formula is C13H18FN3.